The zero-order chi connectivity index (χ0) is 23.4. The minimum absolute atomic E-state index is 0.124. The highest BCUT2D eigenvalue weighted by Gasteiger charge is 2.52. The number of rotatable bonds is 6. The number of amidine groups is 2. The van der Waals surface area contributed by atoms with Gasteiger partial charge in [-0.2, -0.15) is 8.42 Å². The van der Waals surface area contributed by atoms with Crippen LogP contribution in [0, 0.1) is 12.8 Å². The maximum absolute atomic E-state index is 13.2. The summed E-state index contributed by atoms with van der Waals surface area (Å²) in [6, 6.07) is 6.94. The molecule has 2 aliphatic carbocycles. The third-order valence-corrected chi connectivity index (χ3v) is 8.19. The molecule has 8 heteroatoms. The molecule has 0 spiro atoms. The van der Waals surface area contributed by atoms with Gasteiger partial charge in [-0.25, -0.2) is 0 Å². The Morgan fingerprint density at radius 3 is 2.18 bits per heavy atom. The van der Waals surface area contributed by atoms with Gasteiger partial charge in [0.2, 0.25) is 0 Å². The van der Waals surface area contributed by atoms with Gasteiger partial charge < -0.3 is 9.64 Å². The molecular weight excluding hydrogens is 438 g/mol. The molecule has 1 unspecified atom stereocenters. The lowest BCUT2D eigenvalue weighted by molar-refractivity contribution is -0.144. The first kappa shape index (κ1) is 23.9. The lowest BCUT2D eigenvalue weighted by atomic mass is 9.86. The minimum atomic E-state index is -3.96. The Balaban J connectivity index is 1.75. The van der Waals surface area contributed by atoms with Crippen LogP contribution in [0.2, 0.25) is 0 Å². The lowest BCUT2D eigenvalue weighted by Crippen LogP contribution is -2.65. The minimum Gasteiger partial charge on any atom is -0.465 e. The summed E-state index contributed by atoms with van der Waals surface area (Å²) in [5.74, 6) is -0.369. The average molecular weight is 474 g/mol. The number of benzene rings is 1. The fraction of sp³-hybridized carbons (Fsp3) is 0.640. The van der Waals surface area contributed by atoms with Gasteiger partial charge in [0.15, 0.2) is 5.92 Å². The van der Waals surface area contributed by atoms with Crippen molar-refractivity contribution >= 4 is 27.7 Å². The molecular formula is C25H35N3O4S. The molecule has 1 heterocycles. The van der Waals surface area contributed by atoms with Crippen molar-refractivity contribution in [3.8, 4) is 0 Å². The molecule has 7 nitrogen and oxygen atoms in total. The van der Waals surface area contributed by atoms with Gasteiger partial charge in [-0.3, -0.25) is 9.79 Å². The number of sulfonamides is 1. The Kier molecular flexibility index (Phi) is 7.51. The molecule has 0 N–H and O–H groups in total. The number of hydrogen-bond acceptors (Lipinski definition) is 5. The summed E-state index contributed by atoms with van der Waals surface area (Å²) >= 11 is 0. The maximum Gasteiger partial charge on any atom is 0.324 e. The molecule has 1 aliphatic heterocycles. The zero-order valence-corrected chi connectivity index (χ0v) is 20.5. The van der Waals surface area contributed by atoms with E-state index in [2.05, 4.69) is 4.40 Å². The van der Waals surface area contributed by atoms with Gasteiger partial charge in [0.05, 0.1) is 17.5 Å². The van der Waals surface area contributed by atoms with Gasteiger partial charge in [0, 0.05) is 6.04 Å². The first-order valence-corrected chi connectivity index (χ1v) is 13.8. The number of carbonyl (C=O) groups is 1. The number of carbonyl (C=O) groups excluding carboxylic acids is 1. The zero-order valence-electron chi connectivity index (χ0n) is 19.7. The number of nitrogens with zero attached hydrogens (tertiary/aromatic N) is 3. The highest BCUT2D eigenvalue weighted by molar-refractivity contribution is 7.90. The summed E-state index contributed by atoms with van der Waals surface area (Å²) in [6.07, 6.45) is 10.7. The largest absolute Gasteiger partial charge is 0.465 e. The van der Waals surface area contributed by atoms with Gasteiger partial charge in [-0.05, 0) is 51.7 Å². The van der Waals surface area contributed by atoms with Gasteiger partial charge in [-0.1, -0.05) is 56.2 Å². The summed E-state index contributed by atoms with van der Waals surface area (Å²) in [7, 11) is -3.96. The van der Waals surface area contributed by atoms with Gasteiger partial charge >= 0.3 is 5.97 Å². The summed E-state index contributed by atoms with van der Waals surface area (Å²) in [6.45, 7) is 3.89. The first-order chi connectivity index (χ1) is 15.9. The Bertz CT molecular complexity index is 1000. The van der Waals surface area contributed by atoms with E-state index >= 15 is 0 Å². The van der Waals surface area contributed by atoms with Crippen molar-refractivity contribution in [1.29, 1.82) is 0 Å². The van der Waals surface area contributed by atoms with E-state index in [0.29, 0.717) is 5.84 Å². The van der Waals surface area contributed by atoms with Crippen LogP contribution >= 0.6 is 0 Å². The van der Waals surface area contributed by atoms with Crippen LogP contribution in [0.4, 0.5) is 0 Å². The van der Waals surface area contributed by atoms with Crippen LogP contribution in [0.1, 0.15) is 76.7 Å². The fourth-order valence-electron chi connectivity index (χ4n) is 5.11. The van der Waals surface area contributed by atoms with Gasteiger partial charge in [0.25, 0.3) is 10.0 Å². The quantitative estimate of drug-likeness (QED) is 0.562. The summed E-state index contributed by atoms with van der Waals surface area (Å²) in [5, 5.41) is 0. The van der Waals surface area contributed by atoms with E-state index in [1.54, 1.807) is 31.2 Å². The molecule has 0 aromatic heterocycles. The summed E-state index contributed by atoms with van der Waals surface area (Å²) in [4.78, 5) is 20.1. The third-order valence-electron chi connectivity index (χ3n) is 6.89. The number of aliphatic imine (C=N–C) groups is 1. The van der Waals surface area contributed by atoms with Crippen LogP contribution in [0.25, 0.3) is 0 Å². The predicted octanol–water partition coefficient (Wildman–Crippen LogP) is 4.64. The van der Waals surface area contributed by atoms with Crippen molar-refractivity contribution in [2.45, 2.75) is 95.0 Å². The predicted molar refractivity (Wildman–Crippen MR) is 129 cm³/mol. The third kappa shape index (κ3) is 5.31. The molecule has 0 radical (unpaired) electrons. The number of esters is 1. The maximum atomic E-state index is 13.2. The van der Waals surface area contributed by atoms with Crippen LogP contribution < -0.4 is 0 Å². The Morgan fingerprint density at radius 2 is 1.58 bits per heavy atom. The van der Waals surface area contributed by atoms with Crippen molar-refractivity contribution in [3.05, 3.63) is 29.8 Å². The van der Waals surface area contributed by atoms with Crippen LogP contribution in [0.3, 0.4) is 0 Å². The molecule has 3 aliphatic rings. The standard InChI is InChI=1S/C25H35N3O4S/c1-3-32-25(29)22-23(26-19-10-6-4-7-11-19)28(20-12-8-5-9-13-20)24(22)27-33(30,31)21-16-14-18(2)15-17-21/h14-17,19-20,22H,3-13H2,1-2H3/b26-23?,27-24+. The van der Waals surface area contributed by atoms with E-state index in [1.165, 1.54) is 12.8 Å². The normalized spacial score (nSPS) is 25.3. The van der Waals surface area contributed by atoms with Crippen molar-refractivity contribution in [3.63, 3.8) is 0 Å². The van der Waals surface area contributed by atoms with Gasteiger partial charge in [0.1, 0.15) is 11.7 Å². The molecule has 1 aromatic carbocycles. The van der Waals surface area contributed by atoms with Crippen molar-refractivity contribution in [2.75, 3.05) is 6.61 Å². The number of ether oxygens (including phenoxy) is 1. The van der Waals surface area contributed by atoms with Gasteiger partial charge in [-0.15, -0.1) is 4.40 Å². The molecule has 1 atom stereocenters. The lowest BCUT2D eigenvalue weighted by Gasteiger charge is -2.48. The molecule has 180 valence electrons. The molecule has 1 aromatic rings. The molecule has 2 saturated carbocycles. The first-order valence-electron chi connectivity index (χ1n) is 12.4. The SMILES string of the molecule is CCOC(=O)C1C(=NC2CCCCC2)N(C2CCCCC2)/C1=N/S(=O)(=O)c1ccc(C)cc1. The Labute approximate surface area is 197 Å². The van der Waals surface area contributed by atoms with E-state index < -0.39 is 21.9 Å². The van der Waals surface area contributed by atoms with E-state index in [-0.39, 0.29) is 29.4 Å². The highest BCUT2D eigenvalue weighted by atomic mass is 32.2. The average Bonchev–Trinajstić information content (AvgIpc) is 2.80. The van der Waals surface area contributed by atoms with Crippen molar-refractivity contribution in [2.24, 2.45) is 15.3 Å². The summed E-state index contributed by atoms with van der Waals surface area (Å²) < 4.78 is 36.0. The van der Waals surface area contributed by atoms with E-state index in [4.69, 9.17) is 9.73 Å². The van der Waals surface area contributed by atoms with Crippen molar-refractivity contribution in [1.82, 2.24) is 4.90 Å². The van der Waals surface area contributed by atoms with Crippen molar-refractivity contribution < 1.29 is 17.9 Å². The van der Waals surface area contributed by atoms with E-state index in [1.807, 2.05) is 11.8 Å². The summed E-state index contributed by atoms with van der Waals surface area (Å²) in [5.41, 5.74) is 0.973. The smallest absolute Gasteiger partial charge is 0.324 e. The molecule has 0 bridgehead atoms. The van der Waals surface area contributed by atoms with Crippen LogP contribution in [-0.4, -0.2) is 49.6 Å². The number of hydrogen-bond donors (Lipinski definition) is 0. The molecule has 0 amide bonds. The van der Waals surface area contributed by atoms with Crippen LogP contribution in [-0.2, 0) is 19.6 Å². The molecule has 3 fully saturated rings. The van der Waals surface area contributed by atoms with E-state index in [9.17, 15) is 13.2 Å². The highest BCUT2D eigenvalue weighted by Crippen LogP contribution is 2.36. The second-order valence-corrected chi connectivity index (χ2v) is 11.0. The monoisotopic (exact) mass is 473 g/mol. The number of likely N-dealkylation sites (tertiary alicyclic amines) is 1. The molecule has 4 rings (SSSR count). The molecule has 1 saturated heterocycles. The van der Waals surface area contributed by atoms with Crippen LogP contribution in [0.5, 0.6) is 0 Å². The molecule has 33 heavy (non-hydrogen) atoms. The topological polar surface area (TPSA) is 88.4 Å². The van der Waals surface area contributed by atoms with Crippen LogP contribution in [0.15, 0.2) is 38.6 Å². The Morgan fingerprint density at radius 1 is 0.970 bits per heavy atom. The second kappa shape index (κ2) is 10.4. The fourth-order valence-corrected chi connectivity index (χ4v) is 6.14. The Hall–Kier alpha value is -2.22. The van der Waals surface area contributed by atoms with E-state index in [0.717, 1.165) is 56.9 Å². The second-order valence-electron chi connectivity index (χ2n) is 9.36. The number of aryl methyl sites for hydroxylation is 1.